The van der Waals surface area contributed by atoms with E-state index in [-0.39, 0.29) is 26.2 Å². The normalized spacial score (nSPS) is 25.4. The van der Waals surface area contributed by atoms with E-state index in [2.05, 4.69) is 0 Å². The Kier molecular flexibility index (Phi) is 4.76. The van der Waals surface area contributed by atoms with Crippen LogP contribution in [0.3, 0.4) is 0 Å². The maximum absolute atomic E-state index is 12.8. The topological polar surface area (TPSA) is 55.6 Å². The van der Waals surface area contributed by atoms with E-state index in [0.717, 1.165) is 0 Å². The number of carbonyl (C=O) groups is 1. The molecule has 1 aliphatic rings. The number of carbonyl (C=O) groups excluding carboxylic acids is 1. The first-order valence-electron chi connectivity index (χ1n) is 5.52. The molecule has 1 rings (SSSR count). The third kappa shape index (κ3) is 3.57. The van der Waals surface area contributed by atoms with Crippen molar-refractivity contribution < 1.29 is 22.7 Å². The molecule has 1 aliphatic heterocycles. The number of hydrogen-bond donors (Lipinski definition) is 1. The van der Waals surface area contributed by atoms with Crippen molar-refractivity contribution in [2.75, 3.05) is 32.8 Å². The second-order valence-electron chi connectivity index (χ2n) is 4.07. The number of amides is 1. The highest BCUT2D eigenvalue weighted by molar-refractivity contribution is 5.78. The Morgan fingerprint density at radius 3 is 2.59 bits per heavy atom. The highest BCUT2D eigenvalue weighted by Gasteiger charge is 2.50. The van der Waals surface area contributed by atoms with E-state index >= 15 is 0 Å². The lowest BCUT2D eigenvalue weighted by molar-refractivity contribution is -0.184. The number of halogens is 3. The predicted molar refractivity (Wildman–Crippen MR) is 55.2 cm³/mol. The van der Waals surface area contributed by atoms with Crippen LogP contribution in [0.4, 0.5) is 13.2 Å². The average Bonchev–Trinajstić information content (AvgIpc) is 2.69. The third-order valence-corrected chi connectivity index (χ3v) is 2.92. The van der Waals surface area contributed by atoms with Crippen LogP contribution >= 0.6 is 0 Å². The van der Waals surface area contributed by atoms with E-state index in [1.165, 1.54) is 4.90 Å². The van der Waals surface area contributed by atoms with Crippen molar-refractivity contribution in [2.45, 2.75) is 13.1 Å². The minimum atomic E-state index is -4.30. The summed E-state index contributed by atoms with van der Waals surface area (Å²) in [6.45, 7) is 1.62. The number of ether oxygens (including phenoxy) is 1. The van der Waals surface area contributed by atoms with Crippen molar-refractivity contribution in [3.05, 3.63) is 0 Å². The van der Waals surface area contributed by atoms with Gasteiger partial charge in [0.1, 0.15) is 0 Å². The summed E-state index contributed by atoms with van der Waals surface area (Å²) in [5, 5.41) is 0. The Labute approximate surface area is 97.9 Å². The Balaban J connectivity index is 2.68. The van der Waals surface area contributed by atoms with E-state index in [4.69, 9.17) is 10.5 Å². The molecule has 4 nitrogen and oxygen atoms in total. The SMILES string of the molecule is CCOC[C@@H]1CN(C(=O)CN)C[C@H]1C(F)(F)F. The maximum Gasteiger partial charge on any atom is 0.393 e. The quantitative estimate of drug-likeness (QED) is 0.800. The zero-order chi connectivity index (χ0) is 13.1. The first-order valence-corrected chi connectivity index (χ1v) is 5.52. The van der Waals surface area contributed by atoms with Gasteiger partial charge in [0.15, 0.2) is 0 Å². The number of nitrogens with two attached hydrogens (primary N) is 1. The van der Waals surface area contributed by atoms with Gasteiger partial charge < -0.3 is 15.4 Å². The Hall–Kier alpha value is -0.820. The molecular formula is C10H17F3N2O2. The van der Waals surface area contributed by atoms with E-state index in [0.29, 0.717) is 6.61 Å². The summed E-state index contributed by atoms with van der Waals surface area (Å²) in [6.07, 6.45) is -4.30. The largest absolute Gasteiger partial charge is 0.393 e. The molecule has 1 saturated heterocycles. The number of alkyl halides is 3. The van der Waals surface area contributed by atoms with Gasteiger partial charge in [0, 0.05) is 25.6 Å². The van der Waals surface area contributed by atoms with E-state index in [1.807, 2.05) is 0 Å². The lowest BCUT2D eigenvalue weighted by Crippen LogP contribution is -2.35. The zero-order valence-electron chi connectivity index (χ0n) is 9.67. The highest BCUT2D eigenvalue weighted by Crippen LogP contribution is 2.37. The molecule has 2 N–H and O–H groups in total. The molecule has 17 heavy (non-hydrogen) atoms. The summed E-state index contributed by atoms with van der Waals surface area (Å²) in [5.41, 5.74) is 5.15. The van der Waals surface area contributed by atoms with Crippen molar-refractivity contribution in [1.29, 1.82) is 0 Å². The average molecular weight is 254 g/mol. The van der Waals surface area contributed by atoms with Gasteiger partial charge in [0.2, 0.25) is 5.91 Å². The molecule has 1 amide bonds. The first kappa shape index (κ1) is 14.2. The summed E-state index contributed by atoms with van der Waals surface area (Å²) in [4.78, 5) is 12.5. The number of rotatable bonds is 4. The van der Waals surface area contributed by atoms with Gasteiger partial charge in [-0.15, -0.1) is 0 Å². The molecule has 0 aromatic rings. The summed E-state index contributed by atoms with van der Waals surface area (Å²) in [7, 11) is 0. The number of likely N-dealkylation sites (tertiary alicyclic amines) is 1. The van der Waals surface area contributed by atoms with Crippen molar-refractivity contribution in [3.63, 3.8) is 0 Å². The zero-order valence-corrected chi connectivity index (χ0v) is 9.67. The summed E-state index contributed by atoms with van der Waals surface area (Å²) in [6, 6.07) is 0. The molecule has 0 spiro atoms. The Morgan fingerprint density at radius 1 is 1.47 bits per heavy atom. The summed E-state index contributed by atoms with van der Waals surface area (Å²) >= 11 is 0. The lowest BCUT2D eigenvalue weighted by atomic mass is 9.96. The summed E-state index contributed by atoms with van der Waals surface area (Å²) in [5.74, 6) is -2.65. The van der Waals surface area contributed by atoms with Crippen LogP contribution in [0.25, 0.3) is 0 Å². The fourth-order valence-corrected chi connectivity index (χ4v) is 2.01. The molecule has 100 valence electrons. The van der Waals surface area contributed by atoms with Crippen LogP contribution in [0.1, 0.15) is 6.92 Å². The fourth-order valence-electron chi connectivity index (χ4n) is 2.01. The molecule has 0 aromatic carbocycles. The maximum atomic E-state index is 12.8. The van der Waals surface area contributed by atoms with E-state index in [9.17, 15) is 18.0 Å². The molecule has 0 unspecified atom stereocenters. The number of nitrogens with zero attached hydrogens (tertiary/aromatic N) is 1. The second kappa shape index (κ2) is 5.68. The number of hydrogen-bond acceptors (Lipinski definition) is 3. The molecule has 0 bridgehead atoms. The minimum absolute atomic E-state index is 0.0228. The van der Waals surface area contributed by atoms with E-state index < -0.39 is 23.9 Å². The van der Waals surface area contributed by atoms with Crippen molar-refractivity contribution in [3.8, 4) is 0 Å². The molecule has 2 atom stereocenters. The molecule has 0 radical (unpaired) electrons. The monoisotopic (exact) mass is 254 g/mol. The van der Waals surface area contributed by atoms with Crippen LogP contribution < -0.4 is 5.73 Å². The summed E-state index contributed by atoms with van der Waals surface area (Å²) < 4.78 is 43.3. The molecule has 1 fully saturated rings. The fraction of sp³-hybridized carbons (Fsp3) is 0.900. The lowest BCUT2D eigenvalue weighted by Gasteiger charge is -2.20. The van der Waals surface area contributed by atoms with Crippen LogP contribution in [-0.2, 0) is 9.53 Å². The van der Waals surface area contributed by atoms with Crippen molar-refractivity contribution in [2.24, 2.45) is 17.6 Å². The molecule has 0 saturated carbocycles. The molecule has 1 heterocycles. The van der Waals surface area contributed by atoms with Gasteiger partial charge in [-0.1, -0.05) is 0 Å². The van der Waals surface area contributed by atoms with Gasteiger partial charge in [0.05, 0.1) is 19.1 Å². The van der Waals surface area contributed by atoms with E-state index in [1.54, 1.807) is 6.92 Å². The van der Waals surface area contributed by atoms with Gasteiger partial charge >= 0.3 is 6.18 Å². The van der Waals surface area contributed by atoms with Gasteiger partial charge in [0.25, 0.3) is 0 Å². The minimum Gasteiger partial charge on any atom is -0.381 e. The van der Waals surface area contributed by atoms with Gasteiger partial charge in [-0.2, -0.15) is 13.2 Å². The van der Waals surface area contributed by atoms with Crippen LogP contribution in [0, 0.1) is 11.8 Å². The van der Waals surface area contributed by atoms with Gasteiger partial charge in [-0.3, -0.25) is 4.79 Å². The Bertz CT molecular complexity index is 271. The van der Waals surface area contributed by atoms with Gasteiger partial charge in [-0.05, 0) is 6.92 Å². The van der Waals surface area contributed by atoms with Crippen molar-refractivity contribution in [1.82, 2.24) is 4.90 Å². The smallest absolute Gasteiger partial charge is 0.381 e. The molecular weight excluding hydrogens is 237 g/mol. The first-order chi connectivity index (χ1) is 7.90. The van der Waals surface area contributed by atoms with Crippen LogP contribution in [0.2, 0.25) is 0 Å². The second-order valence-corrected chi connectivity index (χ2v) is 4.07. The molecule has 7 heteroatoms. The molecule has 0 aromatic heterocycles. The molecule has 0 aliphatic carbocycles. The van der Waals surface area contributed by atoms with Crippen LogP contribution in [-0.4, -0.2) is 49.8 Å². The van der Waals surface area contributed by atoms with Crippen LogP contribution in [0.5, 0.6) is 0 Å². The van der Waals surface area contributed by atoms with Crippen molar-refractivity contribution >= 4 is 5.91 Å². The van der Waals surface area contributed by atoms with Gasteiger partial charge in [-0.25, -0.2) is 0 Å². The predicted octanol–water partition coefficient (Wildman–Crippen LogP) is 0.618. The standard InChI is InChI=1S/C10H17F3N2O2/c1-2-17-6-7-4-15(9(16)3-14)5-8(7)10(11,12)13/h7-8H,2-6,14H2,1H3/t7-,8+/m0/s1. The van der Waals surface area contributed by atoms with Crippen LogP contribution in [0.15, 0.2) is 0 Å². The third-order valence-electron chi connectivity index (χ3n) is 2.92. The highest BCUT2D eigenvalue weighted by atomic mass is 19.4. The Morgan fingerprint density at radius 2 is 2.12 bits per heavy atom.